The van der Waals surface area contributed by atoms with Gasteiger partial charge in [-0.25, -0.2) is 0 Å². The van der Waals surface area contributed by atoms with E-state index in [0.717, 1.165) is 11.1 Å². The number of amidine groups is 1. The van der Waals surface area contributed by atoms with Crippen LogP contribution in [-0.2, 0) is 0 Å². The molecule has 0 spiro atoms. The highest BCUT2D eigenvalue weighted by Crippen LogP contribution is 2.37. The number of nitrogens with two attached hydrogens (primary N) is 1. The maximum Gasteiger partial charge on any atom is 0.170 e. The van der Waals surface area contributed by atoms with E-state index in [2.05, 4.69) is 9.98 Å². The molecule has 1 heterocycles. The molecule has 128 valence electrons. The van der Waals surface area contributed by atoms with Gasteiger partial charge in [0.25, 0.3) is 0 Å². The average Bonchev–Trinajstić information content (AvgIpc) is 3.04. The van der Waals surface area contributed by atoms with E-state index in [0.29, 0.717) is 26.9 Å². The fourth-order valence-corrected chi connectivity index (χ4v) is 3.28. The van der Waals surface area contributed by atoms with Crippen LogP contribution in [0.5, 0.6) is 5.75 Å². The predicted molar refractivity (Wildman–Crippen MR) is 101 cm³/mol. The van der Waals surface area contributed by atoms with Crippen molar-refractivity contribution in [1.29, 1.82) is 5.41 Å². The number of para-hydroxylation sites is 1. The number of rotatable bonds is 3. The lowest BCUT2D eigenvalue weighted by Gasteiger charge is -2.11. The van der Waals surface area contributed by atoms with Crippen LogP contribution >= 0.6 is 11.6 Å². The average molecular weight is 363 g/mol. The molecule has 0 bridgehead atoms. The second kappa shape index (κ2) is 6.28. The molecule has 4 N–H and O–H groups in total. The molecule has 4 rings (SSSR count). The fraction of sp³-hybridized carbons (Fsp3) is 0.0500. The molecule has 3 aromatic carbocycles. The molecule has 0 aliphatic carbocycles. The second-order valence-corrected chi connectivity index (χ2v) is 6.38. The highest BCUT2D eigenvalue weighted by molar-refractivity contribution is 6.33. The van der Waals surface area contributed by atoms with Crippen molar-refractivity contribution in [2.75, 3.05) is 0 Å². The van der Waals surface area contributed by atoms with E-state index in [1.165, 1.54) is 0 Å². The minimum atomic E-state index is -0.563. The summed E-state index contributed by atoms with van der Waals surface area (Å²) >= 11 is 6.16. The lowest BCUT2D eigenvalue weighted by atomic mass is 10.0. The Morgan fingerprint density at radius 3 is 2.38 bits per heavy atom. The zero-order valence-electron chi connectivity index (χ0n) is 13.6. The lowest BCUT2D eigenvalue weighted by molar-refractivity contribution is 0.464. The Bertz CT molecular complexity index is 1140. The van der Waals surface area contributed by atoms with Gasteiger partial charge in [0.1, 0.15) is 11.6 Å². The maximum atomic E-state index is 10.8. The van der Waals surface area contributed by atoms with Crippen molar-refractivity contribution in [3.63, 3.8) is 0 Å². The minimum Gasteiger partial charge on any atom is -0.507 e. The number of phenolic OH excluding ortho intramolecular Hbond substituents is 1. The number of nitrogens with one attached hydrogen (secondary N) is 1. The molecule has 0 saturated carbocycles. The topological polar surface area (TPSA) is 94.8 Å². The first-order chi connectivity index (χ1) is 12.5. The van der Waals surface area contributed by atoms with Gasteiger partial charge in [-0.3, -0.25) is 15.4 Å². The fourth-order valence-electron chi connectivity index (χ4n) is 3.02. The highest BCUT2D eigenvalue weighted by Gasteiger charge is 2.20. The maximum absolute atomic E-state index is 10.8. The molecule has 3 aromatic rings. The van der Waals surface area contributed by atoms with Crippen LogP contribution < -0.4 is 16.4 Å². The molecule has 1 aliphatic heterocycles. The molecule has 1 unspecified atom stereocenters. The number of hydrogen-bond donors (Lipinski definition) is 3. The number of fused-ring (bicyclic) bond motifs is 1. The number of phenols is 1. The van der Waals surface area contributed by atoms with Crippen molar-refractivity contribution < 1.29 is 5.11 Å². The summed E-state index contributed by atoms with van der Waals surface area (Å²) in [6, 6.07) is 18.5. The van der Waals surface area contributed by atoms with Gasteiger partial charge in [0.05, 0.1) is 15.7 Å². The smallest absolute Gasteiger partial charge is 0.170 e. The van der Waals surface area contributed by atoms with Gasteiger partial charge in [0, 0.05) is 16.7 Å². The lowest BCUT2D eigenvalue weighted by Crippen LogP contribution is -2.25. The minimum absolute atomic E-state index is 0.120. The zero-order chi connectivity index (χ0) is 18.3. The van der Waals surface area contributed by atoms with Gasteiger partial charge in [-0.05, 0) is 17.7 Å². The zero-order valence-corrected chi connectivity index (χ0v) is 14.4. The molecule has 1 atom stereocenters. The van der Waals surface area contributed by atoms with Gasteiger partial charge in [-0.2, -0.15) is 0 Å². The Morgan fingerprint density at radius 2 is 1.69 bits per heavy atom. The van der Waals surface area contributed by atoms with Gasteiger partial charge in [-0.15, -0.1) is 0 Å². The van der Waals surface area contributed by atoms with E-state index in [1.54, 1.807) is 18.2 Å². The van der Waals surface area contributed by atoms with Crippen LogP contribution in [0.2, 0.25) is 5.02 Å². The summed E-state index contributed by atoms with van der Waals surface area (Å²) in [6.07, 6.45) is -0.563. The summed E-state index contributed by atoms with van der Waals surface area (Å²) in [5, 5.41) is 20.0. The van der Waals surface area contributed by atoms with E-state index in [4.69, 9.17) is 22.7 Å². The predicted octanol–water partition coefficient (Wildman–Crippen LogP) is 2.95. The standard InChI is InChI=1S/C20H15ClN4O/c21-15-10-17-16(9-14(15)19(22)23)24-20(25-17)13-8-4-7-12(18(13)26)11-5-2-1-3-6-11/h1-10,20,26H,(H3,22,23). The number of hydrogen-bond acceptors (Lipinski definition) is 4. The Morgan fingerprint density at radius 1 is 1.00 bits per heavy atom. The van der Waals surface area contributed by atoms with E-state index in [1.807, 2.05) is 42.5 Å². The number of aromatic hydroxyl groups is 1. The Balaban J connectivity index is 1.82. The summed E-state index contributed by atoms with van der Waals surface area (Å²) in [5.41, 5.74) is 8.24. The molecule has 26 heavy (non-hydrogen) atoms. The number of benzene rings is 3. The van der Waals surface area contributed by atoms with Crippen molar-refractivity contribution >= 4 is 17.4 Å². The van der Waals surface area contributed by atoms with Crippen LogP contribution in [0, 0.1) is 5.41 Å². The number of nitrogen functional groups attached to an aromatic ring is 1. The van der Waals surface area contributed by atoms with E-state index in [9.17, 15) is 5.11 Å². The molecule has 0 fully saturated rings. The Hall–Kier alpha value is -3.18. The summed E-state index contributed by atoms with van der Waals surface area (Å²) < 4.78 is 0. The molecule has 0 saturated heterocycles. The van der Waals surface area contributed by atoms with Crippen LogP contribution in [0.1, 0.15) is 17.3 Å². The van der Waals surface area contributed by atoms with Gasteiger partial charge < -0.3 is 10.8 Å². The van der Waals surface area contributed by atoms with Crippen LogP contribution in [0.25, 0.3) is 11.1 Å². The Kier molecular flexibility index (Phi) is 3.93. The van der Waals surface area contributed by atoms with Gasteiger partial charge in [0.2, 0.25) is 0 Å². The molecular formula is C20H15ClN4O. The summed E-state index contributed by atoms with van der Waals surface area (Å²) in [4.78, 5) is 9.12. The van der Waals surface area contributed by atoms with Crippen molar-refractivity contribution in [3.8, 4) is 16.9 Å². The highest BCUT2D eigenvalue weighted by atomic mass is 35.5. The third-order valence-electron chi connectivity index (χ3n) is 4.31. The van der Waals surface area contributed by atoms with Crippen molar-refractivity contribution in [2.45, 2.75) is 6.17 Å². The Labute approximate surface area is 154 Å². The van der Waals surface area contributed by atoms with E-state index in [-0.39, 0.29) is 11.6 Å². The largest absolute Gasteiger partial charge is 0.507 e. The summed E-state index contributed by atoms with van der Waals surface area (Å²) in [6.45, 7) is 0. The van der Waals surface area contributed by atoms with Gasteiger partial charge in [0.15, 0.2) is 6.17 Å². The van der Waals surface area contributed by atoms with Crippen LogP contribution in [0.4, 0.5) is 0 Å². The summed E-state index contributed by atoms with van der Waals surface area (Å²) in [7, 11) is 0. The first-order valence-electron chi connectivity index (χ1n) is 8.01. The van der Waals surface area contributed by atoms with Crippen molar-refractivity contribution in [2.24, 2.45) is 15.7 Å². The molecular weight excluding hydrogens is 348 g/mol. The van der Waals surface area contributed by atoms with E-state index >= 15 is 0 Å². The number of halogens is 1. The molecule has 0 radical (unpaired) electrons. The van der Waals surface area contributed by atoms with Crippen LogP contribution in [-0.4, -0.2) is 10.9 Å². The second-order valence-electron chi connectivity index (χ2n) is 5.98. The first-order valence-corrected chi connectivity index (χ1v) is 8.39. The molecule has 0 amide bonds. The SMILES string of the molecule is N=C(N)c1cc2c(cc1Cl)=NC(c1cccc(-c3ccccc3)c1O)N=2. The monoisotopic (exact) mass is 362 g/mol. The summed E-state index contributed by atoms with van der Waals surface area (Å²) in [5.74, 6) is 0.0345. The molecule has 1 aliphatic rings. The molecule has 0 aromatic heterocycles. The first kappa shape index (κ1) is 16.3. The third kappa shape index (κ3) is 2.72. The van der Waals surface area contributed by atoms with Crippen molar-refractivity contribution in [1.82, 2.24) is 0 Å². The normalized spacial score (nSPS) is 15.0. The quantitative estimate of drug-likeness (QED) is 0.493. The third-order valence-corrected chi connectivity index (χ3v) is 4.62. The van der Waals surface area contributed by atoms with Crippen LogP contribution in [0.3, 0.4) is 0 Å². The molecule has 6 heteroatoms. The molecule has 5 nitrogen and oxygen atoms in total. The van der Waals surface area contributed by atoms with Gasteiger partial charge in [-0.1, -0.05) is 60.1 Å². The van der Waals surface area contributed by atoms with Crippen LogP contribution in [0.15, 0.2) is 70.6 Å². The number of nitrogens with zero attached hydrogens (tertiary/aromatic N) is 2. The van der Waals surface area contributed by atoms with Crippen molar-refractivity contribution in [3.05, 3.63) is 87.5 Å². The van der Waals surface area contributed by atoms with Gasteiger partial charge >= 0.3 is 0 Å². The van der Waals surface area contributed by atoms with E-state index < -0.39 is 6.17 Å².